The van der Waals surface area contributed by atoms with Crippen molar-refractivity contribution in [3.63, 3.8) is 0 Å². The number of nitrogens with zero attached hydrogens (tertiary/aromatic N) is 3. The average Bonchev–Trinajstić information content (AvgIpc) is 3.05. The Morgan fingerprint density at radius 3 is 2.86 bits per heavy atom. The number of hydrogen-bond donors (Lipinski definition) is 0. The molecule has 1 amide bonds. The van der Waals surface area contributed by atoms with Gasteiger partial charge in [-0.2, -0.15) is 4.98 Å². The first-order valence-electron chi connectivity index (χ1n) is 6.70. The van der Waals surface area contributed by atoms with Crippen LogP contribution < -0.4 is 9.47 Å². The first-order valence-corrected chi connectivity index (χ1v) is 6.70. The second kappa shape index (κ2) is 4.47. The van der Waals surface area contributed by atoms with E-state index < -0.39 is 0 Å². The fourth-order valence-electron chi connectivity index (χ4n) is 2.49. The summed E-state index contributed by atoms with van der Waals surface area (Å²) in [5.74, 6) is 2.61. The van der Waals surface area contributed by atoms with Crippen LogP contribution in [0.15, 0.2) is 22.7 Å². The Labute approximate surface area is 120 Å². The maximum Gasteiger partial charge on any atom is 0.254 e. The van der Waals surface area contributed by atoms with Crippen LogP contribution in [0.4, 0.5) is 0 Å². The van der Waals surface area contributed by atoms with Crippen LogP contribution in [-0.4, -0.2) is 40.8 Å². The highest BCUT2D eigenvalue weighted by Crippen LogP contribution is 2.34. The molecule has 0 unspecified atom stereocenters. The van der Waals surface area contributed by atoms with E-state index in [1.54, 1.807) is 30.0 Å². The van der Waals surface area contributed by atoms with E-state index in [1.807, 2.05) is 0 Å². The van der Waals surface area contributed by atoms with Crippen molar-refractivity contribution in [2.75, 3.05) is 19.9 Å². The predicted octanol–water partition coefficient (Wildman–Crippen LogP) is 1.35. The second-order valence-electron chi connectivity index (χ2n) is 5.15. The van der Waals surface area contributed by atoms with Crippen molar-refractivity contribution >= 4 is 5.91 Å². The Morgan fingerprint density at radius 2 is 2.10 bits per heavy atom. The highest BCUT2D eigenvalue weighted by molar-refractivity contribution is 5.95. The SMILES string of the molecule is Cc1noc(C2CN(C(=O)c3ccc4c(c3)OCO4)C2)n1. The van der Waals surface area contributed by atoms with Crippen LogP contribution in [0.2, 0.25) is 0 Å². The van der Waals surface area contributed by atoms with Crippen LogP contribution in [0.3, 0.4) is 0 Å². The Bertz CT molecular complexity index is 706. The van der Waals surface area contributed by atoms with E-state index in [-0.39, 0.29) is 18.6 Å². The van der Waals surface area contributed by atoms with Crippen molar-refractivity contribution < 1.29 is 18.8 Å². The molecule has 2 aromatic rings. The van der Waals surface area contributed by atoms with Crippen LogP contribution in [-0.2, 0) is 0 Å². The van der Waals surface area contributed by atoms with E-state index in [0.29, 0.717) is 41.9 Å². The predicted molar refractivity (Wildman–Crippen MR) is 70.2 cm³/mol. The number of carbonyl (C=O) groups is 1. The van der Waals surface area contributed by atoms with Crippen LogP contribution in [0, 0.1) is 6.92 Å². The number of hydrogen-bond acceptors (Lipinski definition) is 6. The summed E-state index contributed by atoms with van der Waals surface area (Å²) in [6.07, 6.45) is 0. The summed E-state index contributed by atoms with van der Waals surface area (Å²) in [5, 5.41) is 3.77. The fourth-order valence-corrected chi connectivity index (χ4v) is 2.49. The minimum Gasteiger partial charge on any atom is -0.454 e. The van der Waals surface area contributed by atoms with Gasteiger partial charge >= 0.3 is 0 Å². The zero-order chi connectivity index (χ0) is 14.4. The summed E-state index contributed by atoms with van der Waals surface area (Å²) in [6, 6.07) is 5.23. The molecule has 7 heteroatoms. The third kappa shape index (κ3) is 2.01. The number of benzene rings is 1. The molecule has 0 aliphatic carbocycles. The van der Waals surface area contributed by atoms with Gasteiger partial charge in [0.15, 0.2) is 17.3 Å². The van der Waals surface area contributed by atoms with Crippen LogP contribution in [0.1, 0.15) is 28.0 Å². The van der Waals surface area contributed by atoms with Gasteiger partial charge in [0.05, 0.1) is 5.92 Å². The largest absolute Gasteiger partial charge is 0.454 e. The van der Waals surface area contributed by atoms with E-state index in [1.165, 1.54) is 0 Å². The Morgan fingerprint density at radius 1 is 1.29 bits per heavy atom. The van der Waals surface area contributed by atoms with Crippen molar-refractivity contribution in [2.45, 2.75) is 12.8 Å². The molecule has 3 heterocycles. The number of aromatic nitrogens is 2. The molecule has 108 valence electrons. The average molecular weight is 287 g/mol. The monoisotopic (exact) mass is 287 g/mol. The molecule has 0 N–H and O–H groups in total. The number of fused-ring (bicyclic) bond motifs is 1. The zero-order valence-electron chi connectivity index (χ0n) is 11.4. The highest BCUT2D eigenvalue weighted by Gasteiger charge is 2.36. The number of likely N-dealkylation sites (tertiary alicyclic amines) is 1. The zero-order valence-corrected chi connectivity index (χ0v) is 11.4. The Balaban J connectivity index is 1.45. The molecule has 2 aliphatic heterocycles. The van der Waals surface area contributed by atoms with Gasteiger partial charge in [-0.25, -0.2) is 0 Å². The van der Waals surface area contributed by atoms with Gasteiger partial charge in [0.1, 0.15) is 0 Å². The van der Waals surface area contributed by atoms with Gasteiger partial charge in [0, 0.05) is 18.7 Å². The van der Waals surface area contributed by atoms with Crippen LogP contribution in [0.5, 0.6) is 11.5 Å². The lowest BCUT2D eigenvalue weighted by atomic mass is 9.98. The molecule has 0 radical (unpaired) electrons. The van der Waals surface area contributed by atoms with Gasteiger partial charge in [-0.1, -0.05) is 5.16 Å². The summed E-state index contributed by atoms with van der Waals surface area (Å²) in [4.78, 5) is 18.3. The second-order valence-corrected chi connectivity index (χ2v) is 5.15. The first kappa shape index (κ1) is 12.2. The maximum absolute atomic E-state index is 12.4. The molecule has 1 aromatic carbocycles. The van der Waals surface area contributed by atoms with Crippen molar-refractivity contribution in [1.29, 1.82) is 0 Å². The summed E-state index contributed by atoms with van der Waals surface area (Å²) in [6.45, 7) is 3.17. The minimum atomic E-state index is -0.0270. The van der Waals surface area contributed by atoms with Crippen molar-refractivity contribution in [2.24, 2.45) is 0 Å². The molecule has 1 fully saturated rings. The molecule has 7 nitrogen and oxygen atoms in total. The maximum atomic E-state index is 12.4. The molecule has 0 bridgehead atoms. The Kier molecular flexibility index (Phi) is 2.60. The van der Waals surface area contributed by atoms with E-state index in [9.17, 15) is 4.79 Å². The van der Waals surface area contributed by atoms with Crippen molar-refractivity contribution in [1.82, 2.24) is 15.0 Å². The Hall–Kier alpha value is -2.57. The third-order valence-corrected chi connectivity index (χ3v) is 3.68. The van der Waals surface area contributed by atoms with Crippen molar-refractivity contribution in [3.05, 3.63) is 35.5 Å². The van der Waals surface area contributed by atoms with Crippen LogP contribution >= 0.6 is 0 Å². The molecule has 2 aliphatic rings. The van der Waals surface area contributed by atoms with Gasteiger partial charge < -0.3 is 18.9 Å². The van der Waals surface area contributed by atoms with Gasteiger partial charge in [0.2, 0.25) is 12.7 Å². The van der Waals surface area contributed by atoms with E-state index in [4.69, 9.17) is 14.0 Å². The van der Waals surface area contributed by atoms with Gasteiger partial charge in [0.25, 0.3) is 5.91 Å². The smallest absolute Gasteiger partial charge is 0.254 e. The van der Waals surface area contributed by atoms with E-state index >= 15 is 0 Å². The third-order valence-electron chi connectivity index (χ3n) is 3.68. The standard InChI is InChI=1S/C14H13N3O4/c1-8-15-13(21-16-8)10-5-17(6-10)14(18)9-2-3-11-12(4-9)20-7-19-11/h2-4,10H,5-7H2,1H3. The molecule has 0 saturated carbocycles. The molecule has 1 saturated heterocycles. The van der Waals surface area contributed by atoms with Gasteiger partial charge in [-0.05, 0) is 25.1 Å². The summed E-state index contributed by atoms with van der Waals surface area (Å²) in [5.41, 5.74) is 0.597. The topological polar surface area (TPSA) is 77.7 Å². The number of carbonyl (C=O) groups excluding carboxylic acids is 1. The molecule has 21 heavy (non-hydrogen) atoms. The van der Waals surface area contributed by atoms with Crippen LogP contribution in [0.25, 0.3) is 0 Å². The lowest BCUT2D eigenvalue weighted by Crippen LogP contribution is -2.48. The molecule has 0 atom stereocenters. The van der Waals surface area contributed by atoms with Gasteiger partial charge in [-0.15, -0.1) is 0 Å². The minimum absolute atomic E-state index is 0.0270. The number of rotatable bonds is 2. The molecule has 0 spiro atoms. The quantitative estimate of drug-likeness (QED) is 0.829. The normalized spacial score (nSPS) is 16.9. The summed E-state index contributed by atoms with van der Waals surface area (Å²) >= 11 is 0. The lowest BCUT2D eigenvalue weighted by Gasteiger charge is -2.37. The van der Waals surface area contributed by atoms with E-state index in [0.717, 1.165) is 0 Å². The summed E-state index contributed by atoms with van der Waals surface area (Å²) in [7, 11) is 0. The molecular formula is C14H13N3O4. The first-order chi connectivity index (χ1) is 10.2. The molecule has 1 aromatic heterocycles. The molecular weight excluding hydrogens is 274 g/mol. The summed E-state index contributed by atoms with van der Waals surface area (Å²) < 4.78 is 15.7. The fraction of sp³-hybridized carbons (Fsp3) is 0.357. The number of amides is 1. The van der Waals surface area contributed by atoms with E-state index in [2.05, 4.69) is 10.1 Å². The molecule has 4 rings (SSSR count). The van der Waals surface area contributed by atoms with Gasteiger partial charge in [-0.3, -0.25) is 4.79 Å². The number of ether oxygens (including phenoxy) is 2. The van der Waals surface area contributed by atoms with Crippen molar-refractivity contribution in [3.8, 4) is 11.5 Å². The lowest BCUT2D eigenvalue weighted by molar-refractivity contribution is 0.0569. The highest BCUT2D eigenvalue weighted by atomic mass is 16.7. The number of aryl methyl sites for hydroxylation is 1.